The van der Waals surface area contributed by atoms with Gasteiger partial charge in [-0.3, -0.25) is 4.79 Å². The normalized spacial score (nSPS) is 15.8. The average molecular weight is 377 g/mol. The van der Waals surface area contributed by atoms with Gasteiger partial charge in [0, 0.05) is 43.9 Å². The van der Waals surface area contributed by atoms with Crippen molar-refractivity contribution in [3.63, 3.8) is 0 Å². The van der Waals surface area contributed by atoms with Crippen LogP contribution in [-0.4, -0.2) is 41.5 Å². The van der Waals surface area contributed by atoms with Gasteiger partial charge in [0.2, 0.25) is 5.91 Å². The molecule has 0 atom stereocenters. The minimum atomic E-state index is 0.168. The van der Waals surface area contributed by atoms with Crippen LogP contribution in [0.1, 0.15) is 31.7 Å². The summed E-state index contributed by atoms with van der Waals surface area (Å²) in [5, 5.41) is 0. The molecular weight excluding hydrogens is 350 g/mol. The Morgan fingerprint density at radius 3 is 2.71 bits per heavy atom. The van der Waals surface area contributed by atoms with E-state index in [1.165, 1.54) is 12.0 Å². The van der Waals surface area contributed by atoms with E-state index in [-0.39, 0.29) is 11.9 Å². The summed E-state index contributed by atoms with van der Waals surface area (Å²) in [6, 6.07) is 16.7. The van der Waals surface area contributed by atoms with E-state index in [0.717, 1.165) is 55.7 Å². The third-order valence-electron chi connectivity index (χ3n) is 5.65. The lowest BCUT2D eigenvalue weighted by atomic mass is 10.0. The van der Waals surface area contributed by atoms with Crippen LogP contribution in [-0.2, 0) is 11.2 Å². The van der Waals surface area contributed by atoms with Crippen LogP contribution in [0.25, 0.3) is 11.1 Å². The monoisotopic (exact) mass is 377 g/mol. The van der Waals surface area contributed by atoms with E-state index in [0.29, 0.717) is 6.42 Å². The molecule has 28 heavy (non-hydrogen) atoms. The van der Waals surface area contributed by atoms with Crippen LogP contribution in [0.2, 0.25) is 0 Å². The Hall–Kier alpha value is -2.66. The molecule has 1 saturated heterocycles. The lowest BCUT2D eigenvalue weighted by Crippen LogP contribution is -2.47. The summed E-state index contributed by atoms with van der Waals surface area (Å²) < 4.78 is 5.44. The van der Waals surface area contributed by atoms with Crippen LogP contribution < -0.4 is 4.90 Å². The lowest BCUT2D eigenvalue weighted by Gasteiger charge is -2.38. The van der Waals surface area contributed by atoms with E-state index in [9.17, 15) is 4.79 Å². The van der Waals surface area contributed by atoms with Gasteiger partial charge >= 0.3 is 0 Å². The maximum atomic E-state index is 12.7. The Bertz CT molecular complexity index is 914. The van der Waals surface area contributed by atoms with E-state index in [4.69, 9.17) is 4.42 Å². The zero-order valence-corrected chi connectivity index (χ0v) is 16.4. The van der Waals surface area contributed by atoms with E-state index in [1.807, 2.05) is 30.0 Å². The van der Waals surface area contributed by atoms with Gasteiger partial charge in [0.1, 0.15) is 5.52 Å². The molecule has 1 fully saturated rings. The fraction of sp³-hybridized carbons (Fsp3) is 0.391. The van der Waals surface area contributed by atoms with Crippen LogP contribution in [0.5, 0.6) is 0 Å². The predicted octanol–water partition coefficient (Wildman–Crippen LogP) is 4.28. The molecule has 1 aromatic heterocycles. The predicted molar refractivity (Wildman–Crippen MR) is 111 cm³/mol. The summed E-state index contributed by atoms with van der Waals surface area (Å²) >= 11 is 0. The number of carbonyl (C=O) groups is 1. The van der Waals surface area contributed by atoms with E-state index in [2.05, 4.69) is 40.2 Å². The highest BCUT2D eigenvalue weighted by molar-refractivity contribution is 5.95. The van der Waals surface area contributed by atoms with Crippen LogP contribution in [0.3, 0.4) is 0 Å². The van der Waals surface area contributed by atoms with Crippen molar-refractivity contribution in [1.29, 1.82) is 0 Å². The van der Waals surface area contributed by atoms with Crippen molar-refractivity contribution >= 4 is 22.7 Å². The highest BCUT2D eigenvalue weighted by atomic mass is 16.3. The number of benzene rings is 2. The second-order valence-electron chi connectivity index (χ2n) is 7.43. The van der Waals surface area contributed by atoms with Crippen molar-refractivity contribution in [2.45, 2.75) is 38.6 Å². The minimum absolute atomic E-state index is 0.168. The SMILES string of the molecule is CCC(=O)N(c1ccc2ncoc2c1)C1CCN(CCc2ccccc2)CC1. The van der Waals surface area contributed by atoms with Gasteiger partial charge in [0.25, 0.3) is 0 Å². The molecule has 1 amide bonds. The topological polar surface area (TPSA) is 49.6 Å². The third-order valence-corrected chi connectivity index (χ3v) is 5.65. The molecule has 0 bridgehead atoms. The maximum Gasteiger partial charge on any atom is 0.226 e. The molecule has 1 aliphatic heterocycles. The van der Waals surface area contributed by atoms with Crippen molar-refractivity contribution in [2.75, 3.05) is 24.5 Å². The van der Waals surface area contributed by atoms with Crippen LogP contribution >= 0.6 is 0 Å². The Balaban J connectivity index is 1.41. The molecule has 5 heteroatoms. The Kier molecular flexibility index (Phi) is 5.72. The molecule has 0 spiro atoms. The fourth-order valence-electron chi connectivity index (χ4n) is 4.06. The van der Waals surface area contributed by atoms with Crippen LogP contribution in [0, 0.1) is 0 Å². The second-order valence-corrected chi connectivity index (χ2v) is 7.43. The maximum absolute atomic E-state index is 12.7. The first-order chi connectivity index (χ1) is 13.7. The lowest BCUT2D eigenvalue weighted by molar-refractivity contribution is -0.119. The summed E-state index contributed by atoms with van der Waals surface area (Å²) in [5.41, 5.74) is 3.85. The minimum Gasteiger partial charge on any atom is -0.443 e. The van der Waals surface area contributed by atoms with Crippen molar-refractivity contribution in [3.05, 3.63) is 60.5 Å². The zero-order chi connectivity index (χ0) is 19.3. The molecular formula is C23H27N3O2. The van der Waals surface area contributed by atoms with Crippen LogP contribution in [0.15, 0.2) is 59.3 Å². The number of piperidine rings is 1. The number of amides is 1. The first kappa shape index (κ1) is 18.7. The van der Waals surface area contributed by atoms with Gasteiger partial charge in [-0.25, -0.2) is 4.98 Å². The van der Waals surface area contributed by atoms with E-state index >= 15 is 0 Å². The Labute approximate surface area is 166 Å². The molecule has 0 aliphatic carbocycles. The smallest absolute Gasteiger partial charge is 0.226 e. The molecule has 0 radical (unpaired) electrons. The zero-order valence-electron chi connectivity index (χ0n) is 16.4. The van der Waals surface area contributed by atoms with Gasteiger partial charge in [-0.1, -0.05) is 37.3 Å². The number of hydrogen-bond donors (Lipinski definition) is 0. The van der Waals surface area contributed by atoms with Gasteiger partial charge in [-0.2, -0.15) is 0 Å². The Morgan fingerprint density at radius 1 is 1.18 bits per heavy atom. The molecule has 0 saturated carbocycles. The van der Waals surface area contributed by atoms with Crippen molar-refractivity contribution in [1.82, 2.24) is 9.88 Å². The molecule has 3 aromatic rings. The van der Waals surface area contributed by atoms with Crippen molar-refractivity contribution < 1.29 is 9.21 Å². The number of hydrogen-bond acceptors (Lipinski definition) is 4. The Morgan fingerprint density at radius 2 is 1.96 bits per heavy atom. The number of likely N-dealkylation sites (tertiary alicyclic amines) is 1. The summed E-state index contributed by atoms with van der Waals surface area (Å²) in [6.07, 6.45) is 5.02. The van der Waals surface area contributed by atoms with Crippen molar-refractivity contribution in [3.8, 4) is 0 Å². The fourth-order valence-corrected chi connectivity index (χ4v) is 4.06. The molecule has 1 aliphatic rings. The van der Waals surface area contributed by atoms with Gasteiger partial charge < -0.3 is 14.2 Å². The molecule has 2 aromatic carbocycles. The van der Waals surface area contributed by atoms with Crippen molar-refractivity contribution in [2.24, 2.45) is 0 Å². The van der Waals surface area contributed by atoms with Crippen LogP contribution in [0.4, 0.5) is 5.69 Å². The number of rotatable bonds is 6. The van der Waals surface area contributed by atoms with E-state index < -0.39 is 0 Å². The summed E-state index contributed by atoms with van der Waals surface area (Å²) in [5.74, 6) is 0.168. The quantitative estimate of drug-likeness (QED) is 0.643. The first-order valence-corrected chi connectivity index (χ1v) is 10.2. The molecule has 4 rings (SSSR count). The van der Waals surface area contributed by atoms with Gasteiger partial charge in [-0.15, -0.1) is 0 Å². The highest BCUT2D eigenvalue weighted by Gasteiger charge is 2.28. The van der Waals surface area contributed by atoms with Gasteiger partial charge in [0.15, 0.2) is 12.0 Å². The van der Waals surface area contributed by atoms with Gasteiger partial charge in [0.05, 0.1) is 0 Å². The number of carbonyl (C=O) groups excluding carboxylic acids is 1. The average Bonchev–Trinajstić information content (AvgIpc) is 3.22. The summed E-state index contributed by atoms with van der Waals surface area (Å²) in [7, 11) is 0. The van der Waals surface area contributed by atoms with Gasteiger partial charge in [-0.05, 0) is 37.0 Å². The summed E-state index contributed by atoms with van der Waals surface area (Å²) in [4.78, 5) is 21.4. The molecule has 146 valence electrons. The number of aromatic nitrogens is 1. The van der Waals surface area contributed by atoms with E-state index in [1.54, 1.807) is 0 Å². The molecule has 0 N–H and O–H groups in total. The highest BCUT2D eigenvalue weighted by Crippen LogP contribution is 2.28. The number of nitrogens with zero attached hydrogens (tertiary/aromatic N) is 3. The number of anilines is 1. The second kappa shape index (κ2) is 8.57. The number of oxazole rings is 1. The molecule has 2 heterocycles. The molecule has 5 nitrogen and oxygen atoms in total. The number of fused-ring (bicyclic) bond motifs is 1. The largest absolute Gasteiger partial charge is 0.443 e. The standard InChI is InChI=1S/C23H27N3O2/c1-2-23(27)26(20-8-9-21-22(16-20)28-17-24-21)19-11-14-25(15-12-19)13-10-18-6-4-3-5-7-18/h3-9,16-17,19H,2,10-15H2,1H3. The summed E-state index contributed by atoms with van der Waals surface area (Å²) in [6.45, 7) is 5.05. The molecule has 0 unspecified atom stereocenters. The third kappa shape index (κ3) is 4.09. The first-order valence-electron chi connectivity index (χ1n) is 10.2.